The standard InChI is InChI=1S/C24H19ClFN3O3/c1-31-21-12-7-17(25)13-20(21)27-24(30)23-22(32-15-16-5-3-2-4-6-16)14-29(28-23)19-10-8-18(26)9-11-19/h2-14H,15H2,1H3,(H,27,30). The molecule has 0 fully saturated rings. The van der Waals surface area contributed by atoms with Crippen LogP contribution >= 0.6 is 11.6 Å². The minimum absolute atomic E-state index is 0.0623. The number of aromatic nitrogens is 2. The highest BCUT2D eigenvalue weighted by atomic mass is 35.5. The number of benzene rings is 3. The Kier molecular flexibility index (Phi) is 6.37. The average Bonchev–Trinajstić information content (AvgIpc) is 3.23. The predicted molar refractivity (Wildman–Crippen MR) is 120 cm³/mol. The van der Waals surface area contributed by atoms with E-state index >= 15 is 0 Å². The van der Waals surface area contributed by atoms with Gasteiger partial charge in [-0.3, -0.25) is 4.79 Å². The van der Waals surface area contributed by atoms with Crippen LogP contribution in [0.5, 0.6) is 11.5 Å². The van der Waals surface area contributed by atoms with E-state index < -0.39 is 5.91 Å². The Bertz CT molecular complexity index is 1230. The first-order valence-corrected chi connectivity index (χ1v) is 10.1. The smallest absolute Gasteiger partial charge is 0.280 e. The molecule has 0 aliphatic rings. The number of hydrogen-bond acceptors (Lipinski definition) is 4. The number of amides is 1. The molecule has 1 amide bonds. The van der Waals surface area contributed by atoms with Crippen LogP contribution in [-0.4, -0.2) is 22.8 Å². The van der Waals surface area contributed by atoms with Gasteiger partial charge in [-0.15, -0.1) is 0 Å². The molecule has 0 saturated heterocycles. The number of anilines is 1. The van der Waals surface area contributed by atoms with Crippen molar-refractivity contribution in [1.82, 2.24) is 9.78 Å². The molecule has 1 heterocycles. The number of halogens is 2. The van der Waals surface area contributed by atoms with E-state index in [4.69, 9.17) is 21.1 Å². The predicted octanol–water partition coefficient (Wildman–Crippen LogP) is 5.50. The van der Waals surface area contributed by atoms with Gasteiger partial charge in [-0.05, 0) is 48.0 Å². The van der Waals surface area contributed by atoms with Crippen molar-refractivity contribution in [3.63, 3.8) is 0 Å². The molecule has 1 N–H and O–H groups in total. The molecule has 32 heavy (non-hydrogen) atoms. The molecule has 1 aromatic heterocycles. The van der Waals surface area contributed by atoms with Gasteiger partial charge >= 0.3 is 0 Å². The maximum absolute atomic E-state index is 13.3. The number of nitrogens with one attached hydrogen (secondary N) is 1. The summed E-state index contributed by atoms with van der Waals surface area (Å²) >= 11 is 6.07. The summed E-state index contributed by atoms with van der Waals surface area (Å²) in [6.45, 7) is 0.247. The highest BCUT2D eigenvalue weighted by molar-refractivity contribution is 6.31. The summed E-state index contributed by atoms with van der Waals surface area (Å²) in [5.74, 6) is -0.147. The van der Waals surface area contributed by atoms with Crippen LogP contribution in [0.2, 0.25) is 5.02 Å². The molecule has 0 aliphatic heterocycles. The summed E-state index contributed by atoms with van der Waals surface area (Å²) in [5, 5.41) is 7.59. The van der Waals surface area contributed by atoms with E-state index in [2.05, 4.69) is 10.4 Å². The second-order valence-electron chi connectivity index (χ2n) is 6.84. The number of methoxy groups -OCH3 is 1. The van der Waals surface area contributed by atoms with E-state index in [0.717, 1.165) is 5.56 Å². The van der Waals surface area contributed by atoms with Gasteiger partial charge in [-0.2, -0.15) is 5.10 Å². The summed E-state index contributed by atoms with van der Waals surface area (Å²) in [6.07, 6.45) is 1.58. The Morgan fingerprint density at radius 2 is 1.81 bits per heavy atom. The monoisotopic (exact) mass is 451 g/mol. The molecule has 4 aromatic rings. The van der Waals surface area contributed by atoms with Gasteiger partial charge in [-0.25, -0.2) is 9.07 Å². The molecule has 0 radical (unpaired) electrons. The van der Waals surface area contributed by atoms with Gasteiger partial charge in [0.2, 0.25) is 0 Å². The molecule has 3 aromatic carbocycles. The van der Waals surface area contributed by atoms with Gasteiger partial charge in [0.05, 0.1) is 24.7 Å². The minimum Gasteiger partial charge on any atom is -0.495 e. The Balaban J connectivity index is 1.66. The maximum atomic E-state index is 13.3. The number of hydrogen-bond donors (Lipinski definition) is 1. The van der Waals surface area contributed by atoms with Crippen molar-refractivity contribution in [2.75, 3.05) is 12.4 Å². The zero-order valence-corrected chi connectivity index (χ0v) is 17.8. The maximum Gasteiger partial charge on any atom is 0.280 e. The first kappa shape index (κ1) is 21.4. The average molecular weight is 452 g/mol. The number of ether oxygens (including phenoxy) is 2. The van der Waals surface area contributed by atoms with Crippen LogP contribution < -0.4 is 14.8 Å². The van der Waals surface area contributed by atoms with Gasteiger partial charge in [-0.1, -0.05) is 41.9 Å². The van der Waals surface area contributed by atoms with E-state index in [1.165, 1.54) is 23.9 Å². The van der Waals surface area contributed by atoms with Crippen molar-refractivity contribution in [3.05, 3.63) is 101 Å². The molecule has 0 unspecified atom stereocenters. The minimum atomic E-state index is -0.505. The van der Waals surface area contributed by atoms with Gasteiger partial charge in [0.1, 0.15) is 18.2 Å². The van der Waals surface area contributed by atoms with Crippen LogP contribution in [-0.2, 0) is 6.61 Å². The van der Waals surface area contributed by atoms with Gasteiger partial charge in [0, 0.05) is 5.02 Å². The first-order chi connectivity index (χ1) is 15.5. The van der Waals surface area contributed by atoms with Crippen molar-refractivity contribution >= 4 is 23.2 Å². The lowest BCUT2D eigenvalue weighted by atomic mass is 10.2. The summed E-state index contributed by atoms with van der Waals surface area (Å²) in [7, 11) is 1.50. The Morgan fingerprint density at radius 1 is 1.06 bits per heavy atom. The quantitative estimate of drug-likeness (QED) is 0.402. The highest BCUT2D eigenvalue weighted by Crippen LogP contribution is 2.29. The van der Waals surface area contributed by atoms with Crippen molar-refractivity contribution < 1.29 is 18.7 Å². The van der Waals surface area contributed by atoms with Gasteiger partial charge < -0.3 is 14.8 Å². The molecule has 0 saturated carbocycles. The van der Waals surface area contributed by atoms with Crippen LogP contribution in [0.15, 0.2) is 79.0 Å². The van der Waals surface area contributed by atoms with E-state index in [0.29, 0.717) is 22.1 Å². The van der Waals surface area contributed by atoms with Crippen LogP contribution in [0, 0.1) is 5.82 Å². The molecule has 0 aliphatic carbocycles. The normalized spacial score (nSPS) is 10.6. The second-order valence-corrected chi connectivity index (χ2v) is 7.27. The lowest BCUT2D eigenvalue weighted by molar-refractivity contribution is 0.101. The van der Waals surface area contributed by atoms with Gasteiger partial charge in [0.15, 0.2) is 11.4 Å². The third kappa shape index (κ3) is 4.90. The summed E-state index contributed by atoms with van der Waals surface area (Å²) in [4.78, 5) is 13.1. The third-order valence-electron chi connectivity index (χ3n) is 4.63. The lowest BCUT2D eigenvalue weighted by Crippen LogP contribution is -2.15. The van der Waals surface area contributed by atoms with Gasteiger partial charge in [0.25, 0.3) is 5.91 Å². The number of carbonyl (C=O) groups excluding carboxylic acids is 1. The van der Waals surface area contributed by atoms with E-state index in [-0.39, 0.29) is 23.9 Å². The zero-order chi connectivity index (χ0) is 22.5. The summed E-state index contributed by atoms with van der Waals surface area (Å²) < 4.78 is 26.0. The highest BCUT2D eigenvalue weighted by Gasteiger charge is 2.21. The van der Waals surface area contributed by atoms with E-state index in [1.807, 2.05) is 30.3 Å². The Labute approximate surface area is 189 Å². The Hall–Kier alpha value is -3.84. The number of nitrogens with zero attached hydrogens (tertiary/aromatic N) is 2. The van der Waals surface area contributed by atoms with Crippen molar-refractivity contribution in [3.8, 4) is 17.2 Å². The number of rotatable bonds is 7. The van der Waals surface area contributed by atoms with Crippen molar-refractivity contribution in [1.29, 1.82) is 0 Å². The van der Waals surface area contributed by atoms with Crippen molar-refractivity contribution in [2.45, 2.75) is 6.61 Å². The first-order valence-electron chi connectivity index (χ1n) is 9.70. The molecule has 8 heteroatoms. The fourth-order valence-corrected chi connectivity index (χ4v) is 3.21. The Morgan fingerprint density at radius 3 is 2.53 bits per heavy atom. The molecule has 0 bridgehead atoms. The van der Waals surface area contributed by atoms with Crippen LogP contribution in [0.25, 0.3) is 5.69 Å². The third-order valence-corrected chi connectivity index (χ3v) is 4.87. The largest absolute Gasteiger partial charge is 0.495 e. The zero-order valence-electron chi connectivity index (χ0n) is 17.1. The molecular weight excluding hydrogens is 433 g/mol. The SMILES string of the molecule is COc1ccc(Cl)cc1NC(=O)c1nn(-c2ccc(F)cc2)cc1OCc1ccccc1. The van der Waals surface area contributed by atoms with Crippen LogP contribution in [0.4, 0.5) is 10.1 Å². The number of carbonyl (C=O) groups is 1. The summed E-state index contributed by atoms with van der Waals surface area (Å²) in [6, 6.07) is 20.2. The molecule has 0 atom stereocenters. The van der Waals surface area contributed by atoms with E-state index in [1.54, 1.807) is 36.5 Å². The lowest BCUT2D eigenvalue weighted by Gasteiger charge is -2.10. The topological polar surface area (TPSA) is 65.4 Å². The molecule has 4 rings (SSSR count). The fourth-order valence-electron chi connectivity index (χ4n) is 3.04. The van der Waals surface area contributed by atoms with Crippen LogP contribution in [0.3, 0.4) is 0 Å². The second kappa shape index (κ2) is 9.53. The molecule has 162 valence electrons. The van der Waals surface area contributed by atoms with Crippen molar-refractivity contribution in [2.24, 2.45) is 0 Å². The molecule has 0 spiro atoms. The molecule has 6 nitrogen and oxygen atoms in total. The summed E-state index contributed by atoms with van der Waals surface area (Å²) in [5.41, 5.74) is 1.97. The fraction of sp³-hybridized carbons (Fsp3) is 0.0833. The van der Waals surface area contributed by atoms with Crippen LogP contribution in [0.1, 0.15) is 16.1 Å². The van der Waals surface area contributed by atoms with E-state index in [9.17, 15) is 9.18 Å². The molecular formula is C24H19ClFN3O3.